The Balaban J connectivity index is 1.56. The highest BCUT2D eigenvalue weighted by molar-refractivity contribution is 7.98. The molecule has 152 valence electrons. The SMILES string of the molecule is COC(=O)COc1cccc2c(CSCC(O)COc3ccccc3)cccc12. The zero-order chi connectivity index (χ0) is 20.5. The lowest BCUT2D eigenvalue weighted by Crippen LogP contribution is -2.20. The van der Waals surface area contributed by atoms with Crippen LogP contribution in [0.2, 0.25) is 0 Å². The van der Waals surface area contributed by atoms with E-state index in [1.165, 1.54) is 7.11 Å². The molecule has 0 aliphatic carbocycles. The van der Waals surface area contributed by atoms with Gasteiger partial charge in [-0.25, -0.2) is 4.79 Å². The molecule has 5 nitrogen and oxygen atoms in total. The summed E-state index contributed by atoms with van der Waals surface area (Å²) in [5, 5.41) is 12.2. The van der Waals surface area contributed by atoms with Crippen LogP contribution in [0.5, 0.6) is 11.5 Å². The molecule has 0 aliphatic heterocycles. The summed E-state index contributed by atoms with van der Waals surface area (Å²) in [6, 6.07) is 21.3. The fourth-order valence-electron chi connectivity index (χ4n) is 2.86. The van der Waals surface area contributed by atoms with Crippen molar-refractivity contribution in [2.45, 2.75) is 11.9 Å². The number of hydrogen-bond acceptors (Lipinski definition) is 6. The van der Waals surface area contributed by atoms with Gasteiger partial charge in [-0.15, -0.1) is 0 Å². The number of hydrogen-bond donors (Lipinski definition) is 1. The van der Waals surface area contributed by atoms with Crippen molar-refractivity contribution in [1.82, 2.24) is 0 Å². The largest absolute Gasteiger partial charge is 0.491 e. The van der Waals surface area contributed by atoms with E-state index in [0.29, 0.717) is 11.5 Å². The Morgan fingerprint density at radius 1 is 0.966 bits per heavy atom. The highest BCUT2D eigenvalue weighted by Gasteiger charge is 2.10. The van der Waals surface area contributed by atoms with Crippen molar-refractivity contribution in [3.8, 4) is 11.5 Å². The van der Waals surface area contributed by atoms with Gasteiger partial charge in [0.05, 0.1) is 13.2 Å². The molecule has 0 spiro atoms. The van der Waals surface area contributed by atoms with E-state index in [1.807, 2.05) is 60.7 Å². The Bertz CT molecular complexity index is 929. The zero-order valence-electron chi connectivity index (χ0n) is 16.2. The van der Waals surface area contributed by atoms with Crippen LogP contribution in [0.4, 0.5) is 0 Å². The molecular weight excluding hydrogens is 388 g/mol. The summed E-state index contributed by atoms with van der Waals surface area (Å²) in [5.74, 6) is 2.31. The number of para-hydroxylation sites is 1. The minimum absolute atomic E-state index is 0.123. The summed E-state index contributed by atoms with van der Waals surface area (Å²) < 4.78 is 15.8. The highest BCUT2D eigenvalue weighted by atomic mass is 32.2. The van der Waals surface area contributed by atoms with Crippen molar-refractivity contribution in [3.63, 3.8) is 0 Å². The van der Waals surface area contributed by atoms with Crippen LogP contribution in [-0.2, 0) is 15.3 Å². The topological polar surface area (TPSA) is 65.0 Å². The lowest BCUT2D eigenvalue weighted by Gasteiger charge is -2.13. The van der Waals surface area contributed by atoms with Crippen LogP contribution in [-0.4, -0.2) is 43.3 Å². The minimum atomic E-state index is -0.547. The Kier molecular flexibility index (Phi) is 7.78. The molecule has 0 aliphatic rings. The van der Waals surface area contributed by atoms with Gasteiger partial charge in [-0.05, 0) is 29.1 Å². The van der Waals surface area contributed by atoms with E-state index in [4.69, 9.17) is 9.47 Å². The summed E-state index contributed by atoms with van der Waals surface area (Å²) in [5.41, 5.74) is 1.15. The molecule has 0 aromatic heterocycles. The average molecular weight is 413 g/mol. The summed E-state index contributed by atoms with van der Waals surface area (Å²) in [6.45, 7) is 0.139. The monoisotopic (exact) mass is 412 g/mol. The number of thioether (sulfide) groups is 1. The van der Waals surface area contributed by atoms with E-state index < -0.39 is 12.1 Å². The molecule has 0 saturated heterocycles. The first-order chi connectivity index (χ1) is 14.2. The normalized spacial score (nSPS) is 11.8. The average Bonchev–Trinajstić information content (AvgIpc) is 2.77. The van der Waals surface area contributed by atoms with Gasteiger partial charge in [0.1, 0.15) is 18.1 Å². The quantitative estimate of drug-likeness (QED) is 0.507. The Morgan fingerprint density at radius 2 is 1.72 bits per heavy atom. The molecule has 1 atom stereocenters. The first kappa shape index (κ1) is 21.0. The molecule has 29 heavy (non-hydrogen) atoms. The molecule has 0 saturated carbocycles. The third-order valence-electron chi connectivity index (χ3n) is 4.30. The van der Waals surface area contributed by atoms with Crippen LogP contribution in [0, 0.1) is 0 Å². The maximum absolute atomic E-state index is 11.4. The van der Waals surface area contributed by atoms with Gasteiger partial charge < -0.3 is 19.3 Å². The fraction of sp³-hybridized carbons (Fsp3) is 0.261. The molecule has 6 heteroatoms. The van der Waals surface area contributed by atoms with E-state index in [-0.39, 0.29) is 13.2 Å². The lowest BCUT2D eigenvalue weighted by atomic mass is 10.0. The first-order valence-corrected chi connectivity index (χ1v) is 10.5. The Hall–Kier alpha value is -2.70. The number of aliphatic hydroxyl groups excluding tert-OH is 1. The second kappa shape index (κ2) is 10.7. The molecule has 3 rings (SSSR count). The van der Waals surface area contributed by atoms with Gasteiger partial charge >= 0.3 is 5.97 Å². The molecule has 0 heterocycles. The number of carbonyl (C=O) groups excluding carboxylic acids is 1. The molecular formula is C23H24O5S. The number of carbonyl (C=O) groups is 1. The van der Waals surface area contributed by atoms with Gasteiger partial charge in [0.25, 0.3) is 0 Å². The molecule has 3 aromatic carbocycles. The number of ether oxygens (including phenoxy) is 3. The Labute approximate surface area is 174 Å². The van der Waals surface area contributed by atoms with Crippen LogP contribution in [0.25, 0.3) is 10.8 Å². The highest BCUT2D eigenvalue weighted by Crippen LogP contribution is 2.30. The smallest absolute Gasteiger partial charge is 0.343 e. The molecule has 0 radical (unpaired) electrons. The van der Waals surface area contributed by atoms with Gasteiger partial charge in [-0.2, -0.15) is 11.8 Å². The van der Waals surface area contributed by atoms with Crippen LogP contribution in [0.1, 0.15) is 5.56 Å². The number of benzene rings is 3. The fourth-order valence-corrected chi connectivity index (χ4v) is 3.81. The number of methoxy groups -OCH3 is 1. The Morgan fingerprint density at radius 3 is 2.52 bits per heavy atom. The van der Waals surface area contributed by atoms with Crippen molar-refractivity contribution in [1.29, 1.82) is 0 Å². The third kappa shape index (κ3) is 6.14. The summed E-state index contributed by atoms with van der Waals surface area (Å²) in [4.78, 5) is 11.4. The van der Waals surface area contributed by atoms with E-state index >= 15 is 0 Å². The minimum Gasteiger partial charge on any atom is -0.491 e. The molecule has 1 unspecified atom stereocenters. The number of fused-ring (bicyclic) bond motifs is 1. The van der Waals surface area contributed by atoms with E-state index in [0.717, 1.165) is 27.8 Å². The standard InChI is InChI=1S/C23H24O5S/c1-26-23(25)14-28-22-12-6-10-20-17(7-5-11-21(20)22)15-29-16-18(24)13-27-19-8-3-2-4-9-19/h2-12,18,24H,13-16H2,1H3. The van der Waals surface area contributed by atoms with Crippen molar-refractivity contribution < 1.29 is 24.1 Å². The first-order valence-electron chi connectivity index (χ1n) is 9.31. The van der Waals surface area contributed by atoms with Crippen molar-refractivity contribution in [2.24, 2.45) is 0 Å². The lowest BCUT2D eigenvalue weighted by molar-refractivity contribution is -0.142. The van der Waals surface area contributed by atoms with Crippen LogP contribution in [0.3, 0.4) is 0 Å². The molecule has 1 N–H and O–H groups in total. The summed E-state index contributed by atoms with van der Waals surface area (Å²) >= 11 is 1.65. The molecule has 3 aromatic rings. The zero-order valence-corrected chi connectivity index (χ0v) is 17.1. The molecule has 0 fully saturated rings. The molecule has 0 bridgehead atoms. The van der Waals surface area contributed by atoms with Crippen molar-refractivity contribution in [2.75, 3.05) is 26.1 Å². The predicted molar refractivity (Wildman–Crippen MR) is 116 cm³/mol. The van der Waals surface area contributed by atoms with Crippen LogP contribution < -0.4 is 9.47 Å². The van der Waals surface area contributed by atoms with Crippen molar-refractivity contribution >= 4 is 28.5 Å². The van der Waals surface area contributed by atoms with E-state index in [2.05, 4.69) is 10.8 Å². The van der Waals surface area contributed by atoms with Crippen LogP contribution in [0.15, 0.2) is 66.7 Å². The number of rotatable bonds is 10. The molecule has 0 amide bonds. The summed E-state index contributed by atoms with van der Waals surface area (Å²) in [6.07, 6.45) is -0.547. The second-order valence-corrected chi connectivity index (χ2v) is 7.46. The number of aliphatic hydroxyl groups is 1. The maximum Gasteiger partial charge on any atom is 0.343 e. The summed E-state index contributed by atoms with van der Waals surface area (Å²) in [7, 11) is 1.34. The van der Waals surface area contributed by atoms with Gasteiger partial charge in [0, 0.05) is 16.9 Å². The van der Waals surface area contributed by atoms with E-state index in [1.54, 1.807) is 11.8 Å². The maximum atomic E-state index is 11.4. The number of esters is 1. The van der Waals surface area contributed by atoms with Gasteiger partial charge in [0.15, 0.2) is 6.61 Å². The van der Waals surface area contributed by atoms with Crippen molar-refractivity contribution in [3.05, 3.63) is 72.3 Å². The van der Waals surface area contributed by atoms with Crippen LogP contribution >= 0.6 is 11.8 Å². The van der Waals surface area contributed by atoms with E-state index in [9.17, 15) is 9.90 Å². The predicted octanol–water partition coefficient (Wildman–Crippen LogP) is 4.06. The van der Waals surface area contributed by atoms with Gasteiger partial charge in [-0.3, -0.25) is 0 Å². The van der Waals surface area contributed by atoms with Gasteiger partial charge in [-0.1, -0.05) is 48.5 Å². The third-order valence-corrected chi connectivity index (χ3v) is 5.43. The second-order valence-electron chi connectivity index (χ2n) is 6.43. The van der Waals surface area contributed by atoms with Gasteiger partial charge in [0.2, 0.25) is 0 Å².